The summed E-state index contributed by atoms with van der Waals surface area (Å²) >= 11 is 0. The van der Waals surface area contributed by atoms with Crippen molar-refractivity contribution >= 4 is 46.4 Å². The Hall–Kier alpha value is -5.66. The fourth-order valence-electron chi connectivity index (χ4n) is 5.86. The van der Waals surface area contributed by atoms with Crippen LogP contribution in [0.2, 0.25) is 0 Å². The Kier molecular flexibility index (Phi) is 8.78. The van der Waals surface area contributed by atoms with Crippen LogP contribution in [0, 0.1) is 30.2 Å². The molecule has 2 aromatic carbocycles. The highest BCUT2D eigenvalue weighted by Gasteiger charge is 2.46. The van der Waals surface area contributed by atoms with Crippen molar-refractivity contribution < 1.29 is 36.7 Å². The zero-order valence-corrected chi connectivity index (χ0v) is 27.6. The summed E-state index contributed by atoms with van der Waals surface area (Å²) in [6.45, 7) is 8.34. The Morgan fingerprint density at radius 3 is 2.04 bits per heavy atom. The first-order chi connectivity index (χ1) is 22.9. The fourth-order valence-corrected chi connectivity index (χ4v) is 5.86. The minimum absolute atomic E-state index is 0.0161. The van der Waals surface area contributed by atoms with Crippen molar-refractivity contribution in [1.29, 1.82) is 0 Å². The van der Waals surface area contributed by atoms with Gasteiger partial charge in [-0.2, -0.15) is 0 Å². The maximum atomic E-state index is 14.9. The molecule has 10 nitrogen and oxygen atoms in total. The lowest BCUT2D eigenvalue weighted by atomic mass is 9.86. The molecule has 2 aromatic heterocycles. The van der Waals surface area contributed by atoms with Gasteiger partial charge >= 0.3 is 0 Å². The van der Waals surface area contributed by atoms with Crippen molar-refractivity contribution in [2.45, 2.75) is 45.4 Å². The Morgan fingerprint density at radius 2 is 1.39 bits per heavy atom. The number of rotatable bonds is 4. The summed E-state index contributed by atoms with van der Waals surface area (Å²) in [4.78, 5) is 59.1. The van der Waals surface area contributed by atoms with Crippen molar-refractivity contribution in [3.05, 3.63) is 106 Å². The van der Waals surface area contributed by atoms with Gasteiger partial charge in [0, 0.05) is 43.4 Å². The molecule has 0 saturated heterocycles. The molecule has 2 aliphatic rings. The molecular weight excluding hydrogens is 644 g/mol. The van der Waals surface area contributed by atoms with E-state index in [9.17, 15) is 36.7 Å². The Bertz CT molecular complexity index is 2070. The van der Waals surface area contributed by atoms with E-state index in [1.54, 1.807) is 41.7 Å². The number of aryl methyl sites for hydroxylation is 1. The minimum atomic E-state index is -1.03. The van der Waals surface area contributed by atoms with Gasteiger partial charge in [-0.05, 0) is 82.1 Å². The second-order valence-electron chi connectivity index (χ2n) is 12.7. The van der Waals surface area contributed by atoms with Crippen LogP contribution in [0.25, 0.3) is 0 Å². The van der Waals surface area contributed by atoms with Crippen LogP contribution < -0.4 is 20.4 Å². The van der Waals surface area contributed by atoms with Crippen LogP contribution >= 0.6 is 0 Å². The molecule has 0 bridgehead atoms. The Labute approximate surface area is 279 Å². The molecule has 254 valence electrons. The molecule has 4 heterocycles. The van der Waals surface area contributed by atoms with Gasteiger partial charge in [0.2, 0.25) is 11.8 Å². The van der Waals surface area contributed by atoms with Gasteiger partial charge in [0.15, 0.2) is 11.6 Å². The molecule has 49 heavy (non-hydrogen) atoms. The number of hydrogen-bond acceptors (Lipinski definition) is 6. The van der Waals surface area contributed by atoms with Crippen LogP contribution in [0.1, 0.15) is 65.2 Å². The summed E-state index contributed by atoms with van der Waals surface area (Å²) in [5.41, 5.74) is -0.673. The molecule has 0 unspecified atom stereocenters. The summed E-state index contributed by atoms with van der Waals surface area (Å²) in [6.07, 6.45) is 3.61. The lowest BCUT2D eigenvalue weighted by Gasteiger charge is -2.16. The number of benzene rings is 2. The van der Waals surface area contributed by atoms with Gasteiger partial charge in [-0.25, -0.2) is 17.6 Å². The quantitative estimate of drug-likeness (QED) is 0.254. The number of carbonyl (C=O) groups is 4. The van der Waals surface area contributed by atoms with Gasteiger partial charge in [-0.3, -0.25) is 29.1 Å². The number of likely N-dealkylation sites (N-methyl/N-ethyl adjacent to an activating group) is 2. The maximum Gasteiger partial charge on any atom is 0.258 e. The number of hydrogen-bond donors (Lipinski definition) is 2. The molecule has 6 rings (SSSR count). The molecule has 14 heteroatoms. The van der Waals surface area contributed by atoms with E-state index in [0.29, 0.717) is 16.9 Å². The van der Waals surface area contributed by atoms with Crippen molar-refractivity contribution in [3.8, 4) is 0 Å². The average molecular weight is 677 g/mol. The van der Waals surface area contributed by atoms with E-state index in [0.717, 1.165) is 17.2 Å². The van der Waals surface area contributed by atoms with Gasteiger partial charge in [-0.1, -0.05) is 0 Å². The predicted octanol–water partition coefficient (Wildman–Crippen LogP) is 6.04. The van der Waals surface area contributed by atoms with E-state index >= 15 is 0 Å². The zero-order valence-electron chi connectivity index (χ0n) is 27.6. The van der Waals surface area contributed by atoms with E-state index in [1.807, 2.05) is 0 Å². The second kappa shape index (κ2) is 12.4. The summed E-state index contributed by atoms with van der Waals surface area (Å²) < 4.78 is 57.3. The first-order valence-electron chi connectivity index (χ1n) is 15.0. The number of carbonyl (C=O) groups excluding carboxylic acids is 4. The number of nitrogens with zero attached hydrogens (tertiary/aromatic N) is 4. The van der Waals surface area contributed by atoms with E-state index in [4.69, 9.17) is 0 Å². The number of aromatic nitrogens is 2. The second-order valence-corrected chi connectivity index (χ2v) is 12.7. The fraction of sp³-hybridized carbons (Fsp3) is 0.257. The van der Waals surface area contributed by atoms with Gasteiger partial charge in [-0.15, -0.1) is 0 Å². The monoisotopic (exact) mass is 676 g/mol. The lowest BCUT2D eigenvalue weighted by molar-refractivity contribution is -0.122. The molecule has 0 spiro atoms. The highest BCUT2D eigenvalue weighted by atomic mass is 19.1. The maximum absolute atomic E-state index is 14.9. The van der Waals surface area contributed by atoms with Crippen LogP contribution in [0.4, 0.5) is 40.3 Å². The van der Waals surface area contributed by atoms with E-state index in [2.05, 4.69) is 20.6 Å². The van der Waals surface area contributed by atoms with E-state index in [-0.39, 0.29) is 39.9 Å². The van der Waals surface area contributed by atoms with Crippen LogP contribution in [-0.2, 0) is 20.4 Å². The Morgan fingerprint density at radius 1 is 0.755 bits per heavy atom. The molecule has 0 aliphatic carbocycles. The molecule has 0 atom stereocenters. The predicted molar refractivity (Wildman–Crippen MR) is 175 cm³/mol. The van der Waals surface area contributed by atoms with Gasteiger partial charge < -0.3 is 20.4 Å². The highest BCUT2D eigenvalue weighted by molar-refractivity contribution is 6.10. The first kappa shape index (κ1) is 34.7. The Balaban J connectivity index is 0.000000191. The first-order valence-corrected chi connectivity index (χ1v) is 15.0. The van der Waals surface area contributed by atoms with Crippen molar-refractivity contribution in [2.75, 3.05) is 34.5 Å². The van der Waals surface area contributed by atoms with Crippen molar-refractivity contribution in [1.82, 2.24) is 9.97 Å². The molecule has 0 radical (unpaired) electrons. The summed E-state index contributed by atoms with van der Waals surface area (Å²) in [6, 6.07) is 7.88. The summed E-state index contributed by atoms with van der Waals surface area (Å²) in [5, 5.41) is 4.60. The number of amides is 4. The SMILES string of the molecule is CN1C(=O)C(C)(C)c2cc(F)c(NC(=O)c3ccncc3F)cc21.Cc1cc(C(=O)Nc2c(F)cc3c(c2F)N(C)C(=O)C3(C)C)ccn1. The summed E-state index contributed by atoms with van der Waals surface area (Å²) in [7, 11) is 3.01. The summed E-state index contributed by atoms with van der Waals surface area (Å²) in [5.74, 6) is -5.33. The molecule has 4 aromatic rings. The third-order valence-electron chi connectivity index (χ3n) is 8.66. The van der Waals surface area contributed by atoms with Gasteiger partial charge in [0.25, 0.3) is 11.8 Å². The molecule has 0 saturated carbocycles. The standard InChI is InChI=1S/C18H17F2N3O2.C17H15F2N3O2/c1-9-7-10(5-6-21-9)16(24)22-14-12(19)8-11-15(13(14)20)23(4)17(25)18(11,2)3;1-17(2)10-6-11(18)13(7-14(10)22(3)16(17)24)21-15(23)9-4-5-20-8-12(9)19/h5-8H,1-4H3,(H,22,24);4-8H,1-3H3,(H,21,23). The molecule has 2 aliphatic heterocycles. The smallest absolute Gasteiger partial charge is 0.258 e. The van der Waals surface area contributed by atoms with Crippen molar-refractivity contribution in [3.63, 3.8) is 0 Å². The van der Waals surface area contributed by atoms with Crippen LogP contribution in [0.5, 0.6) is 0 Å². The number of pyridine rings is 2. The molecule has 2 N–H and O–H groups in total. The topological polar surface area (TPSA) is 125 Å². The zero-order chi connectivity index (χ0) is 36.2. The number of anilines is 4. The molecule has 4 amide bonds. The lowest BCUT2D eigenvalue weighted by Crippen LogP contribution is -2.33. The van der Waals surface area contributed by atoms with Crippen LogP contribution in [0.3, 0.4) is 0 Å². The van der Waals surface area contributed by atoms with E-state index in [1.165, 1.54) is 54.7 Å². The molecular formula is C35H32F4N6O4. The van der Waals surface area contributed by atoms with Crippen LogP contribution in [-0.4, -0.2) is 47.7 Å². The number of fused-ring (bicyclic) bond motifs is 2. The average Bonchev–Trinajstić information content (AvgIpc) is 3.32. The van der Waals surface area contributed by atoms with Gasteiger partial charge in [0.05, 0.1) is 34.0 Å². The number of halogens is 4. The number of nitrogens with one attached hydrogen (secondary N) is 2. The third-order valence-corrected chi connectivity index (χ3v) is 8.66. The normalized spacial score (nSPS) is 15.3. The highest BCUT2D eigenvalue weighted by Crippen LogP contribution is 2.45. The van der Waals surface area contributed by atoms with Gasteiger partial charge in [0.1, 0.15) is 17.3 Å². The van der Waals surface area contributed by atoms with E-state index < -0.39 is 51.6 Å². The largest absolute Gasteiger partial charge is 0.319 e. The van der Waals surface area contributed by atoms with Crippen molar-refractivity contribution in [2.24, 2.45) is 0 Å². The van der Waals surface area contributed by atoms with Crippen LogP contribution in [0.15, 0.2) is 55.0 Å². The minimum Gasteiger partial charge on any atom is -0.319 e. The third kappa shape index (κ3) is 5.98. The molecule has 0 fully saturated rings.